The fourth-order valence-corrected chi connectivity index (χ4v) is 4.16. The minimum Gasteiger partial charge on any atom is -0.465 e. The number of hydrogen-bond acceptors (Lipinski definition) is 8. The molecule has 2 aromatic heterocycles. The first kappa shape index (κ1) is 24.4. The maximum absolute atomic E-state index is 14.6. The number of carbonyl (C=O) groups is 2. The minimum absolute atomic E-state index is 0.0133. The molecule has 35 heavy (non-hydrogen) atoms. The number of nitrogens with zero attached hydrogens (tertiary/aromatic N) is 2. The second-order valence-corrected chi connectivity index (χ2v) is 8.11. The number of halogens is 3. The molecule has 0 spiro atoms. The van der Waals surface area contributed by atoms with Crippen LogP contribution in [0.25, 0.3) is 22.5 Å². The van der Waals surface area contributed by atoms with E-state index in [1.54, 1.807) is 25.1 Å². The predicted molar refractivity (Wildman–Crippen MR) is 124 cm³/mol. The van der Waals surface area contributed by atoms with Gasteiger partial charge in [0.25, 0.3) is 0 Å². The van der Waals surface area contributed by atoms with E-state index in [0.717, 1.165) is 0 Å². The number of aryl methyl sites for hydroxylation is 1. The van der Waals surface area contributed by atoms with Gasteiger partial charge in [0.05, 0.1) is 29.8 Å². The molecular weight excluding hydrogens is 502 g/mol. The molecule has 0 atom stereocenters. The van der Waals surface area contributed by atoms with Gasteiger partial charge in [0.15, 0.2) is 5.76 Å². The fourth-order valence-electron chi connectivity index (χ4n) is 3.62. The third kappa shape index (κ3) is 4.40. The van der Waals surface area contributed by atoms with Gasteiger partial charge in [-0.15, -0.1) is 0 Å². The first-order valence-electron chi connectivity index (χ1n) is 10.1. The van der Waals surface area contributed by atoms with Crippen molar-refractivity contribution in [2.24, 2.45) is 0 Å². The Kier molecular flexibility index (Phi) is 6.90. The Morgan fingerprint density at radius 2 is 1.60 bits per heavy atom. The van der Waals surface area contributed by atoms with E-state index in [-0.39, 0.29) is 56.1 Å². The van der Waals surface area contributed by atoms with Crippen molar-refractivity contribution in [3.63, 3.8) is 0 Å². The van der Waals surface area contributed by atoms with Crippen molar-refractivity contribution in [3.05, 3.63) is 80.5 Å². The van der Waals surface area contributed by atoms with Crippen LogP contribution in [0, 0.1) is 12.7 Å². The van der Waals surface area contributed by atoms with Crippen LogP contribution in [-0.2, 0) is 15.9 Å². The molecule has 0 amide bonds. The molecule has 2 heterocycles. The Labute approximate surface area is 208 Å². The van der Waals surface area contributed by atoms with Gasteiger partial charge in [0.2, 0.25) is 0 Å². The van der Waals surface area contributed by atoms with Crippen LogP contribution in [0.1, 0.15) is 37.8 Å². The molecule has 4 aromatic rings. The largest absolute Gasteiger partial charge is 0.465 e. The Morgan fingerprint density at radius 3 is 2.29 bits per heavy atom. The molecule has 11 heteroatoms. The molecule has 0 fully saturated rings. The van der Waals surface area contributed by atoms with E-state index in [1.807, 2.05) is 0 Å². The van der Waals surface area contributed by atoms with Crippen molar-refractivity contribution in [1.82, 2.24) is 10.3 Å². The van der Waals surface area contributed by atoms with E-state index < -0.39 is 17.8 Å². The van der Waals surface area contributed by atoms with Crippen LogP contribution in [0.5, 0.6) is 0 Å². The molecule has 0 unspecified atom stereocenters. The zero-order chi connectivity index (χ0) is 25.3. The summed E-state index contributed by atoms with van der Waals surface area (Å²) in [6.07, 6.45) is -0.0133. The number of ether oxygens (including phenoxy) is 2. The number of benzene rings is 2. The maximum Gasteiger partial charge on any atom is 0.343 e. The predicted octanol–water partition coefficient (Wildman–Crippen LogP) is 5.91. The highest BCUT2D eigenvalue weighted by Crippen LogP contribution is 2.37. The molecular formula is C24H17Cl2FN2O6. The Hall–Kier alpha value is -3.69. The van der Waals surface area contributed by atoms with Crippen LogP contribution in [0.15, 0.2) is 45.4 Å². The van der Waals surface area contributed by atoms with Crippen molar-refractivity contribution in [1.29, 1.82) is 0 Å². The van der Waals surface area contributed by atoms with Crippen LogP contribution < -0.4 is 0 Å². The second-order valence-electron chi connectivity index (χ2n) is 7.33. The van der Waals surface area contributed by atoms with Crippen molar-refractivity contribution in [3.8, 4) is 22.5 Å². The van der Waals surface area contributed by atoms with Gasteiger partial charge in [0.1, 0.15) is 34.1 Å². The van der Waals surface area contributed by atoms with E-state index in [9.17, 15) is 14.0 Å². The molecule has 4 rings (SSSR count). The van der Waals surface area contributed by atoms with Gasteiger partial charge in [-0.05, 0) is 24.6 Å². The molecule has 0 N–H and O–H groups in total. The SMILES string of the molecule is COC(=O)c1c(-c2cccc(Cc3onc(-c4c(F)cccc4Cl)c3C(=O)OC)c2Cl)noc1C. The van der Waals surface area contributed by atoms with Gasteiger partial charge in [0, 0.05) is 12.0 Å². The summed E-state index contributed by atoms with van der Waals surface area (Å²) >= 11 is 12.8. The monoisotopic (exact) mass is 518 g/mol. The number of rotatable bonds is 6. The molecule has 8 nitrogen and oxygen atoms in total. The van der Waals surface area contributed by atoms with Crippen LogP contribution in [0.2, 0.25) is 10.0 Å². The highest BCUT2D eigenvalue weighted by molar-refractivity contribution is 6.34. The second kappa shape index (κ2) is 9.89. The number of carbonyl (C=O) groups excluding carboxylic acids is 2. The summed E-state index contributed by atoms with van der Waals surface area (Å²) in [4.78, 5) is 24.9. The lowest BCUT2D eigenvalue weighted by atomic mass is 9.99. The molecule has 0 aliphatic rings. The average molecular weight is 519 g/mol. The third-order valence-electron chi connectivity index (χ3n) is 5.29. The van der Waals surface area contributed by atoms with E-state index in [0.29, 0.717) is 11.1 Å². The minimum atomic E-state index is -0.789. The molecule has 0 aliphatic heterocycles. The molecule has 0 bridgehead atoms. The summed E-state index contributed by atoms with van der Waals surface area (Å²) in [6, 6.07) is 9.12. The van der Waals surface area contributed by atoms with Gasteiger partial charge in [-0.2, -0.15) is 0 Å². The van der Waals surface area contributed by atoms with Crippen LogP contribution in [-0.4, -0.2) is 36.5 Å². The highest BCUT2D eigenvalue weighted by atomic mass is 35.5. The van der Waals surface area contributed by atoms with Crippen LogP contribution in [0.3, 0.4) is 0 Å². The van der Waals surface area contributed by atoms with Gasteiger partial charge < -0.3 is 18.5 Å². The maximum atomic E-state index is 14.6. The van der Waals surface area contributed by atoms with Crippen molar-refractivity contribution < 1.29 is 32.5 Å². The summed E-state index contributed by atoms with van der Waals surface area (Å²) in [7, 11) is 2.43. The Morgan fingerprint density at radius 1 is 0.943 bits per heavy atom. The van der Waals surface area contributed by atoms with Crippen molar-refractivity contribution in [2.45, 2.75) is 13.3 Å². The smallest absolute Gasteiger partial charge is 0.343 e. The molecule has 0 aliphatic carbocycles. The lowest BCUT2D eigenvalue weighted by Crippen LogP contribution is -2.07. The van der Waals surface area contributed by atoms with Crippen LogP contribution >= 0.6 is 23.2 Å². The van der Waals surface area contributed by atoms with Gasteiger partial charge in [-0.3, -0.25) is 0 Å². The number of hydrogen-bond donors (Lipinski definition) is 0. The number of esters is 2. The van der Waals surface area contributed by atoms with Gasteiger partial charge >= 0.3 is 11.9 Å². The fraction of sp³-hybridized carbons (Fsp3) is 0.167. The van der Waals surface area contributed by atoms with E-state index in [1.165, 1.54) is 32.4 Å². The molecule has 0 saturated heterocycles. The molecule has 180 valence electrons. The highest BCUT2D eigenvalue weighted by Gasteiger charge is 2.29. The standard InChI is InChI=1S/C24H17Cl2FN2O6/c1-11-17(23(30)32-2)21(28-34-11)13-7-4-6-12(20(13)26)10-16-19(24(31)33-3)22(29-35-16)18-14(25)8-5-9-15(18)27/h4-9H,10H2,1-3H3. The quantitative estimate of drug-likeness (QED) is 0.290. The summed E-state index contributed by atoms with van der Waals surface area (Å²) in [6.45, 7) is 1.58. The Balaban J connectivity index is 1.81. The average Bonchev–Trinajstić information content (AvgIpc) is 3.43. The van der Waals surface area contributed by atoms with E-state index >= 15 is 0 Å². The van der Waals surface area contributed by atoms with Crippen molar-refractivity contribution >= 4 is 35.1 Å². The first-order valence-corrected chi connectivity index (χ1v) is 10.9. The van der Waals surface area contributed by atoms with Crippen molar-refractivity contribution in [2.75, 3.05) is 14.2 Å². The molecule has 0 saturated carbocycles. The lowest BCUT2D eigenvalue weighted by molar-refractivity contribution is 0.0590. The third-order valence-corrected chi connectivity index (χ3v) is 6.05. The van der Waals surface area contributed by atoms with Gasteiger partial charge in [-0.1, -0.05) is 57.8 Å². The first-order chi connectivity index (χ1) is 16.8. The molecule has 0 radical (unpaired) electrons. The summed E-state index contributed by atoms with van der Waals surface area (Å²) < 4.78 is 34.9. The normalized spacial score (nSPS) is 10.9. The number of methoxy groups -OCH3 is 2. The number of aromatic nitrogens is 2. The zero-order valence-electron chi connectivity index (χ0n) is 18.6. The Bertz CT molecular complexity index is 1430. The topological polar surface area (TPSA) is 105 Å². The van der Waals surface area contributed by atoms with E-state index in [4.69, 9.17) is 41.7 Å². The summed E-state index contributed by atoms with van der Waals surface area (Å²) in [5.41, 5.74) is 0.968. The van der Waals surface area contributed by atoms with E-state index in [2.05, 4.69) is 10.3 Å². The van der Waals surface area contributed by atoms with Gasteiger partial charge in [-0.25, -0.2) is 14.0 Å². The zero-order valence-corrected chi connectivity index (χ0v) is 20.2. The molecule has 2 aromatic carbocycles. The summed E-state index contributed by atoms with van der Waals surface area (Å²) in [5.74, 6) is -1.75. The van der Waals surface area contributed by atoms with Crippen LogP contribution in [0.4, 0.5) is 4.39 Å². The lowest BCUT2D eigenvalue weighted by Gasteiger charge is -2.09. The summed E-state index contributed by atoms with van der Waals surface area (Å²) in [5, 5.41) is 8.14.